The fraction of sp³-hybridized carbons (Fsp3) is 0.667. The van der Waals surface area contributed by atoms with Gasteiger partial charge in [0.15, 0.2) is 0 Å². The topological polar surface area (TPSA) is 17.1 Å². The Morgan fingerprint density at radius 1 is 1.45 bits per heavy atom. The van der Waals surface area contributed by atoms with Crippen LogP contribution >= 0.6 is 15.9 Å². The lowest BCUT2D eigenvalue weighted by atomic mass is 10.0. The maximum Gasteiger partial charge on any atom is 0.146 e. The van der Waals surface area contributed by atoms with Crippen molar-refractivity contribution in [2.75, 3.05) is 0 Å². The Morgan fingerprint density at radius 3 is 2.73 bits per heavy atom. The normalized spacial score (nSPS) is 26.5. The van der Waals surface area contributed by atoms with Crippen LogP contribution in [0.15, 0.2) is 10.1 Å². The summed E-state index contributed by atoms with van der Waals surface area (Å²) in [5.74, 6) is 0.764. The summed E-state index contributed by atoms with van der Waals surface area (Å²) in [6.45, 7) is 2.24. The first-order valence-electron chi connectivity index (χ1n) is 4.06. The standard InChI is InChI=1S/C9H13BrO/c1-7-2-4-8(6-11)9(10)5-3-7/h6-7H,2-5H2,1H3. The molecule has 1 rings (SSSR count). The van der Waals surface area contributed by atoms with Crippen molar-refractivity contribution in [3.05, 3.63) is 10.1 Å². The van der Waals surface area contributed by atoms with Crippen LogP contribution in [0, 0.1) is 5.92 Å². The van der Waals surface area contributed by atoms with E-state index in [1.807, 2.05) is 0 Å². The minimum atomic E-state index is 0.764. The molecule has 0 radical (unpaired) electrons. The zero-order valence-corrected chi connectivity index (χ0v) is 8.36. The van der Waals surface area contributed by atoms with E-state index in [4.69, 9.17) is 0 Å². The van der Waals surface area contributed by atoms with Gasteiger partial charge >= 0.3 is 0 Å². The van der Waals surface area contributed by atoms with Crippen molar-refractivity contribution in [1.29, 1.82) is 0 Å². The summed E-state index contributed by atoms with van der Waals surface area (Å²) in [4.78, 5) is 10.5. The predicted octanol–water partition coefficient (Wildman–Crippen LogP) is 3.04. The molecule has 1 aliphatic carbocycles. The molecule has 0 saturated heterocycles. The van der Waals surface area contributed by atoms with Gasteiger partial charge in [0.1, 0.15) is 6.29 Å². The van der Waals surface area contributed by atoms with E-state index in [9.17, 15) is 4.79 Å². The average molecular weight is 217 g/mol. The highest BCUT2D eigenvalue weighted by molar-refractivity contribution is 9.11. The minimum Gasteiger partial charge on any atom is -0.298 e. The lowest BCUT2D eigenvalue weighted by molar-refractivity contribution is -0.105. The van der Waals surface area contributed by atoms with Crippen LogP contribution in [0.5, 0.6) is 0 Å². The predicted molar refractivity (Wildman–Crippen MR) is 49.6 cm³/mol. The number of rotatable bonds is 1. The van der Waals surface area contributed by atoms with Gasteiger partial charge < -0.3 is 0 Å². The van der Waals surface area contributed by atoms with Gasteiger partial charge in [-0.15, -0.1) is 0 Å². The third-order valence-corrected chi connectivity index (χ3v) is 3.16. The highest BCUT2D eigenvalue weighted by Crippen LogP contribution is 2.29. The molecule has 0 heterocycles. The van der Waals surface area contributed by atoms with E-state index in [2.05, 4.69) is 22.9 Å². The fourth-order valence-corrected chi connectivity index (χ4v) is 1.86. The first-order valence-corrected chi connectivity index (χ1v) is 4.86. The van der Waals surface area contributed by atoms with Crippen molar-refractivity contribution in [3.63, 3.8) is 0 Å². The Morgan fingerprint density at radius 2 is 2.09 bits per heavy atom. The third-order valence-electron chi connectivity index (χ3n) is 2.25. The van der Waals surface area contributed by atoms with E-state index < -0.39 is 0 Å². The molecule has 2 heteroatoms. The Balaban J connectivity index is 2.66. The number of carbonyl (C=O) groups is 1. The van der Waals surface area contributed by atoms with Gasteiger partial charge in [0.2, 0.25) is 0 Å². The quantitative estimate of drug-likeness (QED) is 0.617. The second-order valence-electron chi connectivity index (χ2n) is 3.23. The largest absolute Gasteiger partial charge is 0.298 e. The minimum absolute atomic E-state index is 0.764. The van der Waals surface area contributed by atoms with Crippen molar-refractivity contribution < 1.29 is 4.79 Å². The summed E-state index contributed by atoms with van der Waals surface area (Å²) >= 11 is 3.44. The highest BCUT2D eigenvalue weighted by atomic mass is 79.9. The van der Waals surface area contributed by atoms with Crippen molar-refractivity contribution in [1.82, 2.24) is 0 Å². The summed E-state index contributed by atoms with van der Waals surface area (Å²) < 4.78 is 1.12. The molecule has 1 aliphatic rings. The zero-order valence-electron chi connectivity index (χ0n) is 6.77. The maximum atomic E-state index is 10.5. The maximum absolute atomic E-state index is 10.5. The average Bonchev–Trinajstić information content (AvgIpc) is 2.15. The lowest BCUT2D eigenvalue weighted by Gasteiger charge is -2.03. The smallest absolute Gasteiger partial charge is 0.146 e. The van der Waals surface area contributed by atoms with Crippen LogP contribution in [0.4, 0.5) is 0 Å². The van der Waals surface area contributed by atoms with Crippen LogP contribution in [0.3, 0.4) is 0 Å². The van der Waals surface area contributed by atoms with Gasteiger partial charge in [-0.3, -0.25) is 4.79 Å². The van der Waals surface area contributed by atoms with Crippen LogP contribution in [-0.4, -0.2) is 6.29 Å². The summed E-state index contributed by atoms with van der Waals surface area (Å²) in [7, 11) is 0. The van der Waals surface area contributed by atoms with Gasteiger partial charge in [-0.2, -0.15) is 0 Å². The molecule has 1 atom stereocenters. The van der Waals surface area contributed by atoms with Gasteiger partial charge in [-0.25, -0.2) is 0 Å². The van der Waals surface area contributed by atoms with Gasteiger partial charge in [0, 0.05) is 10.1 Å². The second-order valence-corrected chi connectivity index (χ2v) is 4.19. The molecule has 0 aliphatic heterocycles. The van der Waals surface area contributed by atoms with Crippen molar-refractivity contribution in [2.24, 2.45) is 5.92 Å². The molecule has 0 bridgehead atoms. The SMILES string of the molecule is CC1CCC(Br)=C(C=O)CC1. The van der Waals surface area contributed by atoms with E-state index in [0.717, 1.165) is 41.5 Å². The Kier molecular flexibility index (Phi) is 3.31. The second kappa shape index (κ2) is 4.05. The molecule has 0 aromatic heterocycles. The Bertz CT molecular complexity index is 184. The van der Waals surface area contributed by atoms with Crippen LogP contribution in [-0.2, 0) is 4.79 Å². The number of carbonyl (C=O) groups excluding carboxylic acids is 1. The van der Waals surface area contributed by atoms with Gasteiger partial charge in [-0.1, -0.05) is 22.9 Å². The van der Waals surface area contributed by atoms with Gasteiger partial charge in [0.05, 0.1) is 0 Å². The molecular formula is C9H13BrO. The summed E-state index contributed by atoms with van der Waals surface area (Å²) in [5, 5.41) is 0. The molecule has 0 N–H and O–H groups in total. The van der Waals surface area contributed by atoms with Crippen molar-refractivity contribution in [2.45, 2.75) is 32.6 Å². The fourth-order valence-electron chi connectivity index (χ4n) is 1.34. The summed E-state index contributed by atoms with van der Waals surface area (Å²) in [6.07, 6.45) is 5.34. The van der Waals surface area contributed by atoms with Gasteiger partial charge in [0.25, 0.3) is 0 Å². The summed E-state index contributed by atoms with van der Waals surface area (Å²) in [6, 6.07) is 0. The van der Waals surface area contributed by atoms with E-state index in [1.54, 1.807) is 0 Å². The first-order chi connectivity index (χ1) is 5.24. The molecule has 1 nitrogen and oxygen atoms in total. The number of allylic oxidation sites excluding steroid dienone is 2. The van der Waals surface area contributed by atoms with Crippen LogP contribution in [0.2, 0.25) is 0 Å². The molecule has 0 fully saturated rings. The molecule has 11 heavy (non-hydrogen) atoms. The van der Waals surface area contributed by atoms with E-state index in [0.29, 0.717) is 0 Å². The number of halogens is 1. The highest BCUT2D eigenvalue weighted by Gasteiger charge is 2.12. The number of hydrogen-bond donors (Lipinski definition) is 0. The zero-order chi connectivity index (χ0) is 8.27. The Labute approximate surface area is 76.0 Å². The third kappa shape index (κ3) is 2.44. The van der Waals surface area contributed by atoms with Crippen LogP contribution in [0.1, 0.15) is 32.6 Å². The van der Waals surface area contributed by atoms with Crippen molar-refractivity contribution in [3.8, 4) is 0 Å². The summed E-state index contributed by atoms with van der Waals surface area (Å²) in [5.41, 5.74) is 0.967. The first kappa shape index (κ1) is 8.98. The molecule has 0 amide bonds. The van der Waals surface area contributed by atoms with E-state index in [1.165, 1.54) is 6.42 Å². The molecule has 0 saturated carbocycles. The molecule has 0 aromatic carbocycles. The molecule has 62 valence electrons. The van der Waals surface area contributed by atoms with Crippen molar-refractivity contribution >= 4 is 22.2 Å². The molecule has 1 unspecified atom stereocenters. The monoisotopic (exact) mass is 216 g/mol. The van der Waals surface area contributed by atoms with E-state index >= 15 is 0 Å². The molecule has 0 spiro atoms. The van der Waals surface area contributed by atoms with E-state index in [-0.39, 0.29) is 0 Å². The molecule has 0 aromatic rings. The molecular weight excluding hydrogens is 204 g/mol. The number of hydrogen-bond acceptors (Lipinski definition) is 1. The number of aldehydes is 1. The Hall–Kier alpha value is -0.110. The van der Waals surface area contributed by atoms with Crippen LogP contribution in [0.25, 0.3) is 0 Å². The lowest BCUT2D eigenvalue weighted by Crippen LogP contribution is -1.91. The van der Waals surface area contributed by atoms with Gasteiger partial charge in [-0.05, 0) is 31.6 Å². The van der Waals surface area contributed by atoms with Crippen LogP contribution < -0.4 is 0 Å².